The average molecular weight is 241 g/mol. The van der Waals surface area contributed by atoms with Gasteiger partial charge in [-0.15, -0.1) is 6.58 Å². The standard InChI is InChI=1S/C11H13BrO/c1-4-5-9-6-7(2)8(3)10(12)11(9)13/h4,6,13H,1,5H2,2-3H3. The molecule has 70 valence electrons. The number of aromatic hydroxyl groups is 1. The first kappa shape index (κ1) is 10.3. The van der Waals surface area contributed by atoms with Crippen LogP contribution in [0.1, 0.15) is 16.7 Å². The van der Waals surface area contributed by atoms with Gasteiger partial charge in [-0.05, 0) is 52.9 Å². The number of phenols is 1. The molecule has 13 heavy (non-hydrogen) atoms. The monoisotopic (exact) mass is 240 g/mol. The lowest BCUT2D eigenvalue weighted by atomic mass is 10.0. The fourth-order valence-corrected chi connectivity index (χ4v) is 1.81. The van der Waals surface area contributed by atoms with Crippen molar-refractivity contribution < 1.29 is 5.11 Å². The number of allylic oxidation sites excluding steroid dienone is 1. The maximum absolute atomic E-state index is 9.74. The molecule has 1 N–H and O–H groups in total. The van der Waals surface area contributed by atoms with Crippen molar-refractivity contribution in [2.24, 2.45) is 0 Å². The highest BCUT2D eigenvalue weighted by molar-refractivity contribution is 9.10. The molecule has 0 aromatic heterocycles. The van der Waals surface area contributed by atoms with Crippen LogP contribution in [0.3, 0.4) is 0 Å². The van der Waals surface area contributed by atoms with Crippen molar-refractivity contribution in [3.63, 3.8) is 0 Å². The van der Waals surface area contributed by atoms with E-state index >= 15 is 0 Å². The number of benzene rings is 1. The lowest BCUT2D eigenvalue weighted by Crippen LogP contribution is -1.90. The van der Waals surface area contributed by atoms with Crippen LogP contribution in [0.5, 0.6) is 5.75 Å². The van der Waals surface area contributed by atoms with Crippen molar-refractivity contribution in [1.29, 1.82) is 0 Å². The molecule has 0 aliphatic carbocycles. The van der Waals surface area contributed by atoms with Crippen LogP contribution >= 0.6 is 15.9 Å². The van der Waals surface area contributed by atoms with Crippen molar-refractivity contribution in [3.05, 3.63) is 39.9 Å². The third-order valence-corrected chi connectivity index (χ3v) is 3.16. The molecule has 0 spiro atoms. The van der Waals surface area contributed by atoms with E-state index in [4.69, 9.17) is 0 Å². The second kappa shape index (κ2) is 3.97. The highest BCUT2D eigenvalue weighted by Crippen LogP contribution is 2.33. The maximum atomic E-state index is 9.74. The Morgan fingerprint density at radius 2 is 2.15 bits per heavy atom. The number of hydrogen-bond donors (Lipinski definition) is 1. The number of hydrogen-bond acceptors (Lipinski definition) is 1. The predicted octanol–water partition coefficient (Wildman–Crippen LogP) is 3.50. The van der Waals surface area contributed by atoms with Gasteiger partial charge in [0, 0.05) is 0 Å². The molecule has 0 aliphatic rings. The van der Waals surface area contributed by atoms with Gasteiger partial charge in [0.15, 0.2) is 0 Å². The highest BCUT2D eigenvalue weighted by Gasteiger charge is 2.09. The molecule has 1 aromatic carbocycles. The number of halogens is 1. The molecule has 1 aromatic rings. The summed E-state index contributed by atoms with van der Waals surface area (Å²) in [6.45, 7) is 7.67. The van der Waals surface area contributed by atoms with Gasteiger partial charge in [-0.2, -0.15) is 0 Å². The topological polar surface area (TPSA) is 20.2 Å². The van der Waals surface area contributed by atoms with Crippen LogP contribution in [0, 0.1) is 13.8 Å². The highest BCUT2D eigenvalue weighted by atomic mass is 79.9. The molecule has 0 bridgehead atoms. The first-order chi connectivity index (χ1) is 6.07. The zero-order chi connectivity index (χ0) is 10.0. The van der Waals surface area contributed by atoms with E-state index in [2.05, 4.69) is 22.5 Å². The molecule has 1 rings (SSSR count). The smallest absolute Gasteiger partial charge is 0.133 e. The Kier molecular flexibility index (Phi) is 3.15. The number of aryl methyl sites for hydroxylation is 1. The molecule has 0 saturated carbocycles. The summed E-state index contributed by atoms with van der Waals surface area (Å²) in [5.41, 5.74) is 3.19. The Morgan fingerprint density at radius 1 is 1.54 bits per heavy atom. The Morgan fingerprint density at radius 3 is 2.69 bits per heavy atom. The number of phenolic OH excluding ortho intramolecular Hbond substituents is 1. The summed E-state index contributed by atoms with van der Waals surface area (Å²) in [7, 11) is 0. The van der Waals surface area contributed by atoms with Crippen LogP contribution in [-0.4, -0.2) is 5.11 Å². The minimum Gasteiger partial charge on any atom is -0.506 e. The molecule has 2 heteroatoms. The van der Waals surface area contributed by atoms with Crippen molar-refractivity contribution >= 4 is 15.9 Å². The van der Waals surface area contributed by atoms with Gasteiger partial charge in [0.05, 0.1) is 4.47 Å². The lowest BCUT2D eigenvalue weighted by Gasteiger charge is -2.09. The third-order valence-electron chi connectivity index (χ3n) is 2.19. The van der Waals surface area contributed by atoms with Gasteiger partial charge >= 0.3 is 0 Å². The molecule has 0 amide bonds. The van der Waals surface area contributed by atoms with E-state index in [9.17, 15) is 5.11 Å². The van der Waals surface area contributed by atoms with Crippen LogP contribution in [0.2, 0.25) is 0 Å². The second-order valence-corrected chi connectivity index (χ2v) is 3.93. The summed E-state index contributed by atoms with van der Waals surface area (Å²) in [6, 6.07) is 2.00. The largest absolute Gasteiger partial charge is 0.506 e. The zero-order valence-electron chi connectivity index (χ0n) is 7.89. The lowest BCUT2D eigenvalue weighted by molar-refractivity contribution is 0.465. The fourth-order valence-electron chi connectivity index (χ4n) is 1.24. The summed E-state index contributed by atoms with van der Waals surface area (Å²) in [5, 5.41) is 9.74. The van der Waals surface area contributed by atoms with Gasteiger partial charge in [-0.1, -0.05) is 12.1 Å². The Hall–Kier alpha value is -0.760. The SMILES string of the molecule is C=CCc1cc(C)c(C)c(Br)c1O. The van der Waals surface area contributed by atoms with Gasteiger partial charge < -0.3 is 5.11 Å². The van der Waals surface area contributed by atoms with Crippen LogP contribution < -0.4 is 0 Å². The van der Waals surface area contributed by atoms with Gasteiger partial charge in [0.1, 0.15) is 5.75 Å². The van der Waals surface area contributed by atoms with Crippen molar-refractivity contribution in [1.82, 2.24) is 0 Å². The van der Waals surface area contributed by atoms with Crippen molar-refractivity contribution in [2.45, 2.75) is 20.3 Å². The van der Waals surface area contributed by atoms with E-state index in [1.165, 1.54) is 5.56 Å². The van der Waals surface area contributed by atoms with Gasteiger partial charge in [-0.3, -0.25) is 0 Å². The van der Waals surface area contributed by atoms with Crippen LogP contribution in [0.25, 0.3) is 0 Å². The van der Waals surface area contributed by atoms with E-state index in [1.54, 1.807) is 6.08 Å². The van der Waals surface area contributed by atoms with Crippen molar-refractivity contribution in [2.75, 3.05) is 0 Å². The molecule has 1 nitrogen and oxygen atoms in total. The third kappa shape index (κ3) is 1.94. The normalized spacial score (nSPS) is 10.1. The molecule has 0 heterocycles. The average Bonchev–Trinajstić information content (AvgIpc) is 2.11. The molecule has 0 aliphatic heterocycles. The fraction of sp³-hybridized carbons (Fsp3) is 0.273. The molecule has 0 saturated heterocycles. The summed E-state index contributed by atoms with van der Waals surface area (Å²) in [5.74, 6) is 0.336. The van der Waals surface area contributed by atoms with E-state index in [0.29, 0.717) is 12.2 Å². The van der Waals surface area contributed by atoms with E-state index in [0.717, 1.165) is 15.6 Å². The molecule has 0 radical (unpaired) electrons. The minimum absolute atomic E-state index is 0.336. The quantitative estimate of drug-likeness (QED) is 0.785. The van der Waals surface area contributed by atoms with Crippen LogP contribution in [0.4, 0.5) is 0 Å². The molecule has 0 atom stereocenters. The Balaban J connectivity index is 3.31. The zero-order valence-corrected chi connectivity index (χ0v) is 9.48. The Labute approximate surface area is 87.2 Å². The summed E-state index contributed by atoms with van der Waals surface area (Å²) >= 11 is 3.37. The first-order valence-corrected chi connectivity index (χ1v) is 4.95. The molecule has 0 fully saturated rings. The van der Waals surface area contributed by atoms with Gasteiger partial charge in [0.2, 0.25) is 0 Å². The number of rotatable bonds is 2. The van der Waals surface area contributed by atoms with E-state index in [-0.39, 0.29) is 0 Å². The van der Waals surface area contributed by atoms with Crippen LogP contribution in [0.15, 0.2) is 23.2 Å². The van der Waals surface area contributed by atoms with E-state index in [1.807, 2.05) is 19.9 Å². The maximum Gasteiger partial charge on any atom is 0.133 e. The summed E-state index contributed by atoms with van der Waals surface area (Å²) in [4.78, 5) is 0. The molecule has 0 unspecified atom stereocenters. The van der Waals surface area contributed by atoms with Gasteiger partial charge in [-0.25, -0.2) is 0 Å². The van der Waals surface area contributed by atoms with Crippen LogP contribution in [-0.2, 0) is 6.42 Å². The van der Waals surface area contributed by atoms with Crippen molar-refractivity contribution in [3.8, 4) is 5.75 Å². The molecular weight excluding hydrogens is 228 g/mol. The van der Waals surface area contributed by atoms with Gasteiger partial charge in [0.25, 0.3) is 0 Å². The van der Waals surface area contributed by atoms with E-state index < -0.39 is 0 Å². The minimum atomic E-state index is 0.336. The molecular formula is C11H13BrO. The second-order valence-electron chi connectivity index (χ2n) is 3.13. The summed E-state index contributed by atoms with van der Waals surface area (Å²) in [6.07, 6.45) is 2.49. The first-order valence-electron chi connectivity index (χ1n) is 4.16. The predicted molar refractivity (Wildman–Crippen MR) is 59.2 cm³/mol. The summed E-state index contributed by atoms with van der Waals surface area (Å²) < 4.78 is 0.796. The Bertz CT molecular complexity index is 342.